The van der Waals surface area contributed by atoms with E-state index in [-0.39, 0.29) is 0 Å². The summed E-state index contributed by atoms with van der Waals surface area (Å²) in [7, 11) is 0. The molecule has 0 spiro atoms. The van der Waals surface area contributed by atoms with Gasteiger partial charge in [-0.3, -0.25) is 0 Å². The van der Waals surface area contributed by atoms with Gasteiger partial charge in [0.1, 0.15) is 5.82 Å². The molecule has 0 N–H and O–H groups in total. The largest absolute Gasteiger partial charge is 0.301 e. The Bertz CT molecular complexity index is 701. The SMILES string of the molecule is Cc1cccc2cnc(Cc3ccccc3Br)n12. The van der Waals surface area contributed by atoms with Gasteiger partial charge in [0.15, 0.2) is 0 Å². The summed E-state index contributed by atoms with van der Waals surface area (Å²) in [4.78, 5) is 4.53. The maximum Gasteiger partial charge on any atom is 0.117 e. The smallest absolute Gasteiger partial charge is 0.117 e. The standard InChI is InChI=1S/C15H13BrN2/c1-11-5-4-7-13-10-17-15(18(11)13)9-12-6-2-3-8-14(12)16/h2-8,10H,9H2,1H3. The molecular formula is C15H13BrN2. The van der Waals surface area contributed by atoms with Crippen molar-refractivity contribution in [3.05, 3.63) is 70.2 Å². The summed E-state index contributed by atoms with van der Waals surface area (Å²) in [6, 6.07) is 14.5. The number of hydrogen-bond acceptors (Lipinski definition) is 1. The molecule has 0 aliphatic heterocycles. The van der Waals surface area contributed by atoms with Crippen LogP contribution < -0.4 is 0 Å². The number of rotatable bonds is 2. The molecule has 0 bridgehead atoms. The monoisotopic (exact) mass is 300 g/mol. The van der Waals surface area contributed by atoms with Gasteiger partial charge in [0.25, 0.3) is 0 Å². The van der Waals surface area contributed by atoms with Gasteiger partial charge in [0, 0.05) is 16.6 Å². The van der Waals surface area contributed by atoms with Gasteiger partial charge in [-0.15, -0.1) is 0 Å². The molecule has 3 aromatic rings. The quantitative estimate of drug-likeness (QED) is 0.699. The van der Waals surface area contributed by atoms with Crippen molar-refractivity contribution in [2.24, 2.45) is 0 Å². The molecule has 0 aliphatic rings. The highest BCUT2D eigenvalue weighted by atomic mass is 79.9. The van der Waals surface area contributed by atoms with Crippen molar-refractivity contribution in [1.82, 2.24) is 9.38 Å². The van der Waals surface area contributed by atoms with Crippen LogP contribution in [0.4, 0.5) is 0 Å². The van der Waals surface area contributed by atoms with E-state index in [1.54, 1.807) is 0 Å². The second-order valence-corrected chi connectivity index (χ2v) is 5.22. The fraction of sp³-hybridized carbons (Fsp3) is 0.133. The Balaban J connectivity index is 2.09. The van der Waals surface area contributed by atoms with Crippen molar-refractivity contribution >= 4 is 21.4 Å². The van der Waals surface area contributed by atoms with E-state index in [2.05, 4.69) is 68.6 Å². The molecule has 0 saturated heterocycles. The summed E-state index contributed by atoms with van der Waals surface area (Å²) >= 11 is 3.59. The van der Waals surface area contributed by atoms with Crippen LogP contribution in [0.15, 0.2) is 53.1 Å². The van der Waals surface area contributed by atoms with Gasteiger partial charge in [-0.25, -0.2) is 4.98 Å². The molecule has 3 heteroatoms. The molecule has 0 amide bonds. The topological polar surface area (TPSA) is 17.3 Å². The minimum absolute atomic E-state index is 0.834. The zero-order valence-electron chi connectivity index (χ0n) is 10.1. The predicted octanol–water partition coefficient (Wildman–Crippen LogP) is 4.00. The van der Waals surface area contributed by atoms with Crippen LogP contribution in [0.1, 0.15) is 17.1 Å². The lowest BCUT2D eigenvalue weighted by molar-refractivity contribution is 0.929. The molecule has 90 valence electrons. The second kappa shape index (κ2) is 4.58. The number of imidazole rings is 1. The first-order valence-corrected chi connectivity index (χ1v) is 6.70. The van der Waals surface area contributed by atoms with Crippen LogP contribution in [0.25, 0.3) is 5.52 Å². The molecule has 0 unspecified atom stereocenters. The molecule has 0 aliphatic carbocycles. The summed E-state index contributed by atoms with van der Waals surface area (Å²) in [5.41, 5.74) is 3.62. The Morgan fingerprint density at radius 1 is 1.11 bits per heavy atom. The van der Waals surface area contributed by atoms with E-state index < -0.39 is 0 Å². The van der Waals surface area contributed by atoms with Gasteiger partial charge in [0.2, 0.25) is 0 Å². The molecule has 2 aromatic heterocycles. The summed E-state index contributed by atoms with van der Waals surface area (Å²) in [6.45, 7) is 2.11. The van der Waals surface area contributed by atoms with Gasteiger partial charge in [-0.05, 0) is 30.7 Å². The number of benzene rings is 1. The number of hydrogen-bond donors (Lipinski definition) is 0. The lowest BCUT2D eigenvalue weighted by Gasteiger charge is -2.06. The fourth-order valence-electron chi connectivity index (χ4n) is 2.23. The zero-order valence-corrected chi connectivity index (χ0v) is 11.7. The minimum Gasteiger partial charge on any atom is -0.301 e. The van der Waals surface area contributed by atoms with Gasteiger partial charge < -0.3 is 4.40 Å². The molecule has 2 nitrogen and oxygen atoms in total. The van der Waals surface area contributed by atoms with Gasteiger partial charge in [-0.2, -0.15) is 0 Å². The van der Waals surface area contributed by atoms with Crippen LogP contribution in [0, 0.1) is 6.92 Å². The Morgan fingerprint density at radius 3 is 2.78 bits per heavy atom. The van der Waals surface area contributed by atoms with Gasteiger partial charge in [-0.1, -0.05) is 40.2 Å². The van der Waals surface area contributed by atoms with Crippen molar-refractivity contribution in [3.63, 3.8) is 0 Å². The lowest BCUT2D eigenvalue weighted by atomic mass is 10.1. The van der Waals surface area contributed by atoms with Gasteiger partial charge in [0.05, 0.1) is 11.7 Å². The summed E-state index contributed by atoms with van der Waals surface area (Å²) < 4.78 is 3.34. The maximum atomic E-state index is 4.53. The fourth-order valence-corrected chi connectivity index (χ4v) is 2.65. The second-order valence-electron chi connectivity index (χ2n) is 4.37. The van der Waals surface area contributed by atoms with Crippen molar-refractivity contribution in [2.75, 3.05) is 0 Å². The molecule has 0 saturated carbocycles. The third-order valence-corrected chi connectivity index (χ3v) is 3.90. The third kappa shape index (κ3) is 1.95. The number of halogens is 1. The number of aryl methyl sites for hydroxylation is 1. The number of nitrogens with zero attached hydrogens (tertiary/aromatic N) is 2. The van der Waals surface area contributed by atoms with E-state index >= 15 is 0 Å². The number of aromatic nitrogens is 2. The Hall–Kier alpha value is -1.61. The predicted molar refractivity (Wildman–Crippen MR) is 76.9 cm³/mol. The van der Waals surface area contributed by atoms with Crippen molar-refractivity contribution < 1.29 is 0 Å². The maximum absolute atomic E-state index is 4.53. The van der Waals surface area contributed by atoms with Crippen LogP contribution in [0.2, 0.25) is 0 Å². The first-order valence-electron chi connectivity index (χ1n) is 5.91. The van der Waals surface area contributed by atoms with Crippen molar-refractivity contribution in [1.29, 1.82) is 0 Å². The first-order chi connectivity index (χ1) is 8.75. The van der Waals surface area contributed by atoms with Crippen LogP contribution >= 0.6 is 15.9 Å². The van der Waals surface area contributed by atoms with Crippen LogP contribution in [-0.4, -0.2) is 9.38 Å². The Kier molecular flexibility index (Phi) is 2.92. The Morgan fingerprint density at radius 2 is 1.94 bits per heavy atom. The van der Waals surface area contributed by atoms with Crippen LogP contribution in [0.5, 0.6) is 0 Å². The average molecular weight is 301 g/mol. The van der Waals surface area contributed by atoms with Crippen LogP contribution in [-0.2, 0) is 6.42 Å². The molecule has 3 rings (SSSR count). The molecule has 1 aromatic carbocycles. The minimum atomic E-state index is 0.834. The van der Waals surface area contributed by atoms with Crippen molar-refractivity contribution in [3.8, 4) is 0 Å². The highest BCUT2D eigenvalue weighted by Crippen LogP contribution is 2.20. The van der Waals surface area contributed by atoms with E-state index in [0.29, 0.717) is 0 Å². The third-order valence-electron chi connectivity index (χ3n) is 3.13. The molecule has 0 atom stereocenters. The van der Waals surface area contributed by atoms with E-state index in [1.165, 1.54) is 11.3 Å². The highest BCUT2D eigenvalue weighted by molar-refractivity contribution is 9.10. The van der Waals surface area contributed by atoms with E-state index in [0.717, 1.165) is 22.2 Å². The molecule has 2 heterocycles. The van der Waals surface area contributed by atoms with Crippen LogP contribution in [0.3, 0.4) is 0 Å². The molecule has 18 heavy (non-hydrogen) atoms. The zero-order chi connectivity index (χ0) is 12.5. The average Bonchev–Trinajstić information content (AvgIpc) is 2.77. The normalized spacial score (nSPS) is 11.0. The van der Waals surface area contributed by atoms with E-state index in [9.17, 15) is 0 Å². The highest BCUT2D eigenvalue weighted by Gasteiger charge is 2.07. The number of fused-ring (bicyclic) bond motifs is 1. The van der Waals surface area contributed by atoms with E-state index in [4.69, 9.17) is 0 Å². The summed E-state index contributed by atoms with van der Waals surface area (Å²) in [5.74, 6) is 1.08. The van der Waals surface area contributed by atoms with Gasteiger partial charge >= 0.3 is 0 Å². The Labute approximate surface area is 114 Å². The number of pyridine rings is 1. The lowest BCUT2D eigenvalue weighted by Crippen LogP contribution is -1.99. The van der Waals surface area contributed by atoms with Crippen molar-refractivity contribution in [2.45, 2.75) is 13.3 Å². The molecular weight excluding hydrogens is 288 g/mol. The molecule has 0 fully saturated rings. The van der Waals surface area contributed by atoms with E-state index in [1.807, 2.05) is 12.3 Å². The first kappa shape index (κ1) is 11.5. The summed E-state index contributed by atoms with van der Waals surface area (Å²) in [6.07, 6.45) is 2.76. The summed E-state index contributed by atoms with van der Waals surface area (Å²) in [5, 5.41) is 0. The molecule has 0 radical (unpaired) electrons.